The minimum atomic E-state index is -0.0705. The largest absolute Gasteiger partial charge is 0.496 e. The number of ether oxygens (including phenoxy) is 1. The molecule has 4 aromatic rings. The molecule has 1 aromatic heterocycles. The molecular weight excluding hydrogens is 444 g/mol. The smallest absolute Gasteiger partial charge is 0.234 e. The van der Waals surface area contributed by atoms with Crippen LogP contribution in [-0.4, -0.2) is 33.5 Å². The number of thioether (sulfide) groups is 1. The highest BCUT2D eigenvalue weighted by Gasteiger charge is 2.19. The fraction of sp³-hybridized carbons (Fsp3) is 0.222. The molecule has 0 aliphatic rings. The highest BCUT2D eigenvalue weighted by atomic mass is 32.2. The van der Waals surface area contributed by atoms with Crippen molar-refractivity contribution in [3.8, 4) is 17.1 Å². The van der Waals surface area contributed by atoms with Crippen LogP contribution < -0.4 is 10.1 Å². The van der Waals surface area contributed by atoms with Crippen molar-refractivity contribution in [2.75, 3.05) is 18.2 Å². The summed E-state index contributed by atoms with van der Waals surface area (Å²) in [6.45, 7) is 4.68. The van der Waals surface area contributed by atoms with Crippen molar-refractivity contribution in [3.63, 3.8) is 0 Å². The van der Waals surface area contributed by atoms with Crippen molar-refractivity contribution in [2.24, 2.45) is 0 Å². The summed E-state index contributed by atoms with van der Waals surface area (Å²) in [6.07, 6.45) is 0.823. The molecule has 0 saturated carbocycles. The molecular formula is C27H28N4O2S. The third-order valence-corrected chi connectivity index (χ3v) is 6.58. The lowest BCUT2D eigenvalue weighted by Crippen LogP contribution is -2.16. The van der Waals surface area contributed by atoms with E-state index in [2.05, 4.69) is 32.2 Å². The Bertz CT molecular complexity index is 1250. The van der Waals surface area contributed by atoms with E-state index in [9.17, 15) is 4.79 Å². The predicted molar refractivity (Wildman–Crippen MR) is 137 cm³/mol. The van der Waals surface area contributed by atoms with E-state index in [1.807, 2.05) is 74.5 Å². The molecule has 0 saturated heterocycles. The van der Waals surface area contributed by atoms with Gasteiger partial charge < -0.3 is 14.6 Å². The highest BCUT2D eigenvalue weighted by molar-refractivity contribution is 7.99. The number of methoxy groups -OCH3 is 1. The second-order valence-corrected chi connectivity index (χ2v) is 8.94. The maximum absolute atomic E-state index is 12.7. The van der Waals surface area contributed by atoms with Gasteiger partial charge in [-0.15, -0.1) is 10.2 Å². The number of benzene rings is 3. The van der Waals surface area contributed by atoms with Gasteiger partial charge in [-0.25, -0.2) is 0 Å². The normalized spacial score (nSPS) is 10.8. The van der Waals surface area contributed by atoms with E-state index in [4.69, 9.17) is 4.74 Å². The molecule has 0 fully saturated rings. The summed E-state index contributed by atoms with van der Waals surface area (Å²) in [5.74, 6) is 1.63. The Balaban J connectivity index is 1.56. The van der Waals surface area contributed by atoms with Gasteiger partial charge in [-0.1, -0.05) is 72.4 Å². The molecule has 0 radical (unpaired) electrons. The maximum Gasteiger partial charge on any atom is 0.234 e. The fourth-order valence-corrected chi connectivity index (χ4v) is 4.59. The summed E-state index contributed by atoms with van der Waals surface area (Å²) in [4.78, 5) is 12.7. The molecule has 0 spiro atoms. The Hall–Kier alpha value is -3.58. The Kier molecular flexibility index (Phi) is 7.65. The minimum Gasteiger partial charge on any atom is -0.496 e. The number of rotatable bonds is 9. The summed E-state index contributed by atoms with van der Waals surface area (Å²) >= 11 is 1.39. The molecule has 0 atom stereocenters. The molecule has 0 unspecified atom stereocenters. The van der Waals surface area contributed by atoms with E-state index in [-0.39, 0.29) is 11.7 Å². The highest BCUT2D eigenvalue weighted by Crippen LogP contribution is 2.31. The second kappa shape index (κ2) is 11.0. The molecule has 34 heavy (non-hydrogen) atoms. The van der Waals surface area contributed by atoms with E-state index < -0.39 is 0 Å². The summed E-state index contributed by atoms with van der Waals surface area (Å²) in [5, 5.41) is 12.7. The van der Waals surface area contributed by atoms with Crippen molar-refractivity contribution < 1.29 is 9.53 Å². The Morgan fingerprint density at radius 2 is 1.65 bits per heavy atom. The number of aryl methyl sites for hydroxylation is 3. The van der Waals surface area contributed by atoms with Gasteiger partial charge in [-0.3, -0.25) is 4.79 Å². The standard InChI is InChI=1S/C27H28N4O2S/c1-19-10-9-11-20(2)25(19)28-24(32)18-34-27-30-29-26(22-14-7-8-15-23(22)33-3)31(27)17-16-21-12-5-4-6-13-21/h4-15H,16-18H2,1-3H3,(H,28,32). The van der Waals surface area contributed by atoms with E-state index in [1.165, 1.54) is 17.3 Å². The van der Waals surface area contributed by atoms with Crippen LogP contribution in [0.4, 0.5) is 5.69 Å². The zero-order valence-electron chi connectivity index (χ0n) is 19.6. The zero-order chi connectivity index (χ0) is 23.9. The number of carbonyl (C=O) groups is 1. The van der Waals surface area contributed by atoms with E-state index in [1.54, 1.807) is 7.11 Å². The molecule has 4 rings (SSSR count). The van der Waals surface area contributed by atoms with Crippen LogP contribution in [0.1, 0.15) is 16.7 Å². The van der Waals surface area contributed by atoms with Crippen molar-refractivity contribution in [1.29, 1.82) is 0 Å². The number of nitrogens with zero attached hydrogens (tertiary/aromatic N) is 3. The van der Waals surface area contributed by atoms with Crippen molar-refractivity contribution in [2.45, 2.75) is 32.0 Å². The average Bonchev–Trinajstić information content (AvgIpc) is 3.27. The SMILES string of the molecule is COc1ccccc1-c1nnc(SCC(=O)Nc2c(C)cccc2C)n1CCc1ccccc1. The van der Waals surface area contributed by atoms with Crippen molar-refractivity contribution >= 4 is 23.4 Å². The van der Waals surface area contributed by atoms with E-state index in [0.717, 1.165) is 40.4 Å². The molecule has 3 aromatic carbocycles. The maximum atomic E-state index is 12.7. The molecule has 174 valence electrons. The van der Waals surface area contributed by atoms with E-state index >= 15 is 0 Å². The summed E-state index contributed by atoms with van der Waals surface area (Å²) in [5.41, 5.74) is 5.06. The number of para-hydroxylation sites is 2. The lowest BCUT2D eigenvalue weighted by atomic mass is 10.1. The molecule has 7 heteroatoms. The average molecular weight is 473 g/mol. The Labute approximate surface area is 204 Å². The lowest BCUT2D eigenvalue weighted by Gasteiger charge is -2.13. The topological polar surface area (TPSA) is 69.0 Å². The number of hydrogen-bond donors (Lipinski definition) is 1. The third kappa shape index (κ3) is 5.48. The first-order valence-corrected chi connectivity index (χ1v) is 12.1. The molecule has 0 aliphatic heterocycles. The van der Waals surface area contributed by atoms with Crippen LogP contribution in [-0.2, 0) is 17.8 Å². The number of carbonyl (C=O) groups excluding carboxylic acids is 1. The van der Waals surface area contributed by atoms with Gasteiger partial charge in [0.05, 0.1) is 18.4 Å². The second-order valence-electron chi connectivity index (χ2n) is 8.00. The first-order chi connectivity index (χ1) is 16.6. The van der Waals surface area contributed by atoms with Gasteiger partial charge in [-0.2, -0.15) is 0 Å². The summed E-state index contributed by atoms with van der Waals surface area (Å²) in [6, 6.07) is 24.1. The Morgan fingerprint density at radius 3 is 2.38 bits per heavy atom. The van der Waals surface area contributed by atoms with Gasteiger partial charge in [0, 0.05) is 12.2 Å². The van der Waals surface area contributed by atoms with Crippen LogP contribution in [0.15, 0.2) is 78.0 Å². The van der Waals surface area contributed by atoms with Crippen LogP contribution in [0.2, 0.25) is 0 Å². The van der Waals surface area contributed by atoms with Crippen molar-refractivity contribution in [3.05, 3.63) is 89.5 Å². The molecule has 1 N–H and O–H groups in total. The number of aromatic nitrogens is 3. The first kappa shape index (κ1) is 23.6. The van der Waals surface area contributed by atoms with Crippen LogP contribution >= 0.6 is 11.8 Å². The van der Waals surface area contributed by atoms with Gasteiger partial charge in [0.15, 0.2) is 11.0 Å². The van der Waals surface area contributed by atoms with Crippen molar-refractivity contribution in [1.82, 2.24) is 14.8 Å². The Morgan fingerprint density at radius 1 is 0.941 bits per heavy atom. The minimum absolute atomic E-state index is 0.0705. The summed E-state index contributed by atoms with van der Waals surface area (Å²) < 4.78 is 7.63. The summed E-state index contributed by atoms with van der Waals surface area (Å²) in [7, 11) is 1.65. The van der Waals surface area contributed by atoms with Gasteiger partial charge in [0.25, 0.3) is 0 Å². The molecule has 1 amide bonds. The number of nitrogens with one attached hydrogen (secondary N) is 1. The third-order valence-electron chi connectivity index (χ3n) is 5.61. The molecule has 6 nitrogen and oxygen atoms in total. The monoisotopic (exact) mass is 472 g/mol. The lowest BCUT2D eigenvalue weighted by molar-refractivity contribution is -0.113. The van der Waals surface area contributed by atoms with Gasteiger partial charge in [0.2, 0.25) is 5.91 Å². The predicted octanol–water partition coefficient (Wildman–Crippen LogP) is 5.54. The van der Waals surface area contributed by atoms with Gasteiger partial charge in [-0.05, 0) is 49.1 Å². The molecule has 1 heterocycles. The number of hydrogen-bond acceptors (Lipinski definition) is 5. The number of anilines is 1. The fourth-order valence-electron chi connectivity index (χ4n) is 3.83. The molecule has 0 aliphatic carbocycles. The van der Waals surface area contributed by atoms with Crippen LogP contribution in [0.3, 0.4) is 0 Å². The first-order valence-electron chi connectivity index (χ1n) is 11.2. The van der Waals surface area contributed by atoms with Crippen LogP contribution in [0.25, 0.3) is 11.4 Å². The quantitative estimate of drug-likeness (QED) is 0.324. The van der Waals surface area contributed by atoms with Crippen LogP contribution in [0.5, 0.6) is 5.75 Å². The number of amides is 1. The van der Waals surface area contributed by atoms with Gasteiger partial charge >= 0.3 is 0 Å². The zero-order valence-corrected chi connectivity index (χ0v) is 20.4. The van der Waals surface area contributed by atoms with E-state index in [0.29, 0.717) is 11.7 Å². The molecule has 0 bridgehead atoms. The van der Waals surface area contributed by atoms with Crippen LogP contribution in [0, 0.1) is 13.8 Å². The van der Waals surface area contributed by atoms with Gasteiger partial charge in [0.1, 0.15) is 5.75 Å².